The molecule has 3 aromatic rings. The Labute approximate surface area is 167 Å². The number of nitrogens with zero attached hydrogens (tertiary/aromatic N) is 2. The lowest BCUT2D eigenvalue weighted by molar-refractivity contribution is -0.118. The van der Waals surface area contributed by atoms with Gasteiger partial charge < -0.3 is 9.88 Å². The van der Waals surface area contributed by atoms with Gasteiger partial charge in [0.15, 0.2) is 0 Å². The Balaban J connectivity index is 1.79. The van der Waals surface area contributed by atoms with E-state index in [9.17, 15) is 18.4 Å². The first-order valence-electron chi connectivity index (χ1n) is 9.54. The van der Waals surface area contributed by atoms with E-state index in [1.807, 2.05) is 31.2 Å². The molecular weight excluding hydrogens is 376 g/mol. The van der Waals surface area contributed by atoms with Crippen molar-refractivity contribution in [3.8, 4) is 11.1 Å². The van der Waals surface area contributed by atoms with Crippen molar-refractivity contribution < 1.29 is 13.6 Å². The van der Waals surface area contributed by atoms with Crippen LogP contribution >= 0.6 is 0 Å². The zero-order valence-electron chi connectivity index (χ0n) is 16.4. The third kappa shape index (κ3) is 5.25. The van der Waals surface area contributed by atoms with Gasteiger partial charge >= 0.3 is 0 Å². The van der Waals surface area contributed by atoms with Crippen molar-refractivity contribution in [2.75, 3.05) is 5.32 Å². The summed E-state index contributed by atoms with van der Waals surface area (Å²) >= 11 is 0. The fourth-order valence-corrected chi connectivity index (χ4v) is 3.05. The summed E-state index contributed by atoms with van der Waals surface area (Å²) in [7, 11) is 0. The lowest BCUT2D eigenvalue weighted by atomic mass is 10.0. The number of aryl methyl sites for hydroxylation is 1. The Morgan fingerprint density at radius 1 is 1.17 bits per heavy atom. The molecule has 0 unspecified atom stereocenters. The van der Waals surface area contributed by atoms with Crippen molar-refractivity contribution in [1.29, 1.82) is 0 Å². The van der Waals surface area contributed by atoms with E-state index in [1.165, 1.54) is 0 Å². The molecule has 1 aromatic carbocycles. The highest BCUT2D eigenvalue weighted by atomic mass is 19.3. The number of fused-ring (bicyclic) bond motifs is 1. The first-order chi connectivity index (χ1) is 13.8. The van der Waals surface area contributed by atoms with Gasteiger partial charge in [0.2, 0.25) is 11.8 Å². The maximum Gasteiger partial charge on any atom is 0.258 e. The summed E-state index contributed by atoms with van der Waals surface area (Å²) in [5.74, 6) is -3.08. The predicted molar refractivity (Wildman–Crippen MR) is 110 cm³/mol. The van der Waals surface area contributed by atoms with Gasteiger partial charge in [-0.3, -0.25) is 9.59 Å². The number of pyridine rings is 2. The number of nitrogens with one attached hydrogen (secondary N) is 1. The van der Waals surface area contributed by atoms with Gasteiger partial charge in [-0.05, 0) is 48.6 Å². The smallest absolute Gasteiger partial charge is 0.258 e. The maximum absolute atomic E-state index is 12.9. The lowest BCUT2D eigenvalue weighted by Gasteiger charge is -2.10. The molecule has 0 spiro atoms. The first kappa shape index (κ1) is 20.6. The Morgan fingerprint density at radius 3 is 2.59 bits per heavy atom. The van der Waals surface area contributed by atoms with Crippen LogP contribution in [0.15, 0.2) is 53.6 Å². The Morgan fingerprint density at radius 2 is 1.93 bits per heavy atom. The number of rotatable bonds is 7. The summed E-state index contributed by atoms with van der Waals surface area (Å²) < 4.78 is 27.4. The van der Waals surface area contributed by atoms with Crippen LogP contribution in [0.25, 0.3) is 21.9 Å². The molecule has 152 valence electrons. The van der Waals surface area contributed by atoms with Crippen molar-refractivity contribution in [2.24, 2.45) is 0 Å². The van der Waals surface area contributed by atoms with E-state index in [-0.39, 0.29) is 12.0 Å². The van der Waals surface area contributed by atoms with Crippen LogP contribution in [0, 0.1) is 0 Å². The third-order valence-corrected chi connectivity index (χ3v) is 4.60. The largest absolute Gasteiger partial charge is 0.315 e. The summed E-state index contributed by atoms with van der Waals surface area (Å²) in [5, 5.41) is 4.02. The highest BCUT2D eigenvalue weighted by molar-refractivity contribution is 5.90. The number of benzene rings is 1. The van der Waals surface area contributed by atoms with E-state index < -0.39 is 18.3 Å². The quantitative estimate of drug-likeness (QED) is 0.618. The van der Waals surface area contributed by atoms with Crippen LogP contribution in [0.5, 0.6) is 0 Å². The van der Waals surface area contributed by atoms with E-state index in [1.54, 1.807) is 29.1 Å². The van der Waals surface area contributed by atoms with E-state index in [2.05, 4.69) is 10.3 Å². The molecule has 0 aliphatic heterocycles. The average Bonchev–Trinajstić information content (AvgIpc) is 2.69. The van der Waals surface area contributed by atoms with Crippen molar-refractivity contribution in [1.82, 2.24) is 9.55 Å². The van der Waals surface area contributed by atoms with Crippen LogP contribution in [-0.2, 0) is 11.3 Å². The molecule has 0 saturated carbocycles. The van der Waals surface area contributed by atoms with Gasteiger partial charge in [-0.2, -0.15) is 0 Å². The van der Waals surface area contributed by atoms with Gasteiger partial charge in [-0.25, -0.2) is 13.8 Å². The first-order valence-corrected chi connectivity index (χ1v) is 9.54. The number of carbonyl (C=O) groups excluding carboxylic acids is 1. The van der Waals surface area contributed by atoms with Crippen LogP contribution in [0.3, 0.4) is 0 Å². The molecule has 2 heterocycles. The number of amides is 1. The molecule has 0 fully saturated rings. The predicted octanol–water partition coefficient (Wildman–Crippen LogP) is 4.85. The summed E-state index contributed by atoms with van der Waals surface area (Å²) in [6.45, 7) is 3.47. The van der Waals surface area contributed by atoms with Crippen LogP contribution in [-0.4, -0.2) is 21.4 Å². The minimum Gasteiger partial charge on any atom is -0.315 e. The summed E-state index contributed by atoms with van der Waals surface area (Å²) in [4.78, 5) is 28.6. The molecule has 0 aliphatic carbocycles. The molecule has 0 atom stereocenters. The molecule has 1 N–H and O–H groups in total. The van der Waals surface area contributed by atoms with Crippen LogP contribution in [0.1, 0.15) is 33.1 Å². The van der Waals surface area contributed by atoms with Gasteiger partial charge in [0, 0.05) is 42.7 Å². The fraction of sp³-hybridized carbons (Fsp3) is 0.318. The molecule has 2 aromatic heterocycles. The molecule has 5 nitrogen and oxygen atoms in total. The minimum absolute atomic E-state index is 0.0317. The van der Waals surface area contributed by atoms with E-state index in [0.29, 0.717) is 17.7 Å². The Kier molecular flexibility index (Phi) is 6.06. The van der Waals surface area contributed by atoms with E-state index >= 15 is 0 Å². The minimum atomic E-state index is -2.87. The molecule has 0 saturated heterocycles. The summed E-state index contributed by atoms with van der Waals surface area (Å²) in [6, 6.07) is 10.9. The standard InChI is InChI=1S/C22H23F2N3O2/c1-3-11-27-12-9-15-4-5-16(13-18(15)21(27)29)17-6-7-19(25-14-17)26-20(28)8-10-22(2,23)24/h4-7,9,12-14H,3,8,10-11H2,1-2H3,(H,25,26,28). The zero-order valence-corrected chi connectivity index (χ0v) is 16.4. The van der Waals surface area contributed by atoms with Gasteiger partial charge in [-0.15, -0.1) is 0 Å². The molecular formula is C22H23F2N3O2. The molecule has 3 rings (SSSR count). The van der Waals surface area contributed by atoms with E-state index in [4.69, 9.17) is 0 Å². The normalized spacial score (nSPS) is 11.6. The second-order valence-electron chi connectivity index (χ2n) is 7.17. The van der Waals surface area contributed by atoms with Gasteiger partial charge in [0.25, 0.3) is 5.56 Å². The zero-order chi connectivity index (χ0) is 21.0. The second kappa shape index (κ2) is 8.51. The number of carbonyl (C=O) groups is 1. The highest BCUT2D eigenvalue weighted by Crippen LogP contribution is 2.24. The van der Waals surface area contributed by atoms with E-state index in [0.717, 1.165) is 29.9 Å². The number of alkyl halides is 2. The molecule has 0 bridgehead atoms. The monoisotopic (exact) mass is 399 g/mol. The number of anilines is 1. The second-order valence-corrected chi connectivity index (χ2v) is 7.17. The van der Waals surface area contributed by atoms with Crippen molar-refractivity contribution in [3.05, 3.63) is 59.1 Å². The number of hydrogen-bond donors (Lipinski definition) is 1. The molecule has 0 radical (unpaired) electrons. The number of halogens is 2. The summed E-state index contributed by atoms with van der Waals surface area (Å²) in [5.41, 5.74) is 1.59. The topological polar surface area (TPSA) is 64.0 Å². The van der Waals surface area contributed by atoms with Gasteiger partial charge in [0.1, 0.15) is 5.82 Å². The lowest BCUT2D eigenvalue weighted by Crippen LogP contribution is -2.19. The average molecular weight is 399 g/mol. The van der Waals surface area contributed by atoms with Crippen LogP contribution < -0.4 is 10.9 Å². The molecule has 1 amide bonds. The molecule has 29 heavy (non-hydrogen) atoms. The molecule has 7 heteroatoms. The Bertz CT molecular complexity index is 1070. The van der Waals surface area contributed by atoms with Crippen LogP contribution in [0.2, 0.25) is 0 Å². The van der Waals surface area contributed by atoms with Crippen LogP contribution in [0.4, 0.5) is 14.6 Å². The highest BCUT2D eigenvalue weighted by Gasteiger charge is 2.22. The SMILES string of the molecule is CCCn1ccc2ccc(-c3ccc(NC(=O)CCC(C)(F)F)nc3)cc2c1=O. The fourth-order valence-electron chi connectivity index (χ4n) is 3.05. The maximum atomic E-state index is 12.9. The van der Waals surface area contributed by atoms with Gasteiger partial charge in [0.05, 0.1) is 0 Å². The van der Waals surface area contributed by atoms with Crippen molar-refractivity contribution in [2.45, 2.75) is 45.6 Å². The number of hydrogen-bond acceptors (Lipinski definition) is 3. The third-order valence-electron chi connectivity index (χ3n) is 4.60. The van der Waals surface area contributed by atoms with Crippen molar-refractivity contribution in [3.63, 3.8) is 0 Å². The Hall–Kier alpha value is -3.09. The van der Waals surface area contributed by atoms with Crippen molar-refractivity contribution >= 4 is 22.5 Å². The molecule has 0 aliphatic rings. The van der Waals surface area contributed by atoms with Gasteiger partial charge in [-0.1, -0.05) is 19.1 Å². The number of aromatic nitrogens is 2. The summed E-state index contributed by atoms with van der Waals surface area (Å²) in [6.07, 6.45) is 3.48.